The summed E-state index contributed by atoms with van der Waals surface area (Å²) < 4.78 is 13.7. The van der Waals surface area contributed by atoms with E-state index in [4.69, 9.17) is 0 Å². The third-order valence-electron chi connectivity index (χ3n) is 4.79. The van der Waals surface area contributed by atoms with Gasteiger partial charge in [0.2, 0.25) is 11.8 Å². The Labute approximate surface area is 135 Å². The van der Waals surface area contributed by atoms with Crippen molar-refractivity contribution in [2.24, 2.45) is 5.92 Å². The van der Waals surface area contributed by atoms with Crippen LogP contribution in [0.25, 0.3) is 0 Å². The normalized spacial score (nSPS) is 22.7. The second-order valence-electron chi connectivity index (χ2n) is 6.39. The minimum atomic E-state index is -0.622. The number of aryl methyl sites for hydroxylation is 1. The first-order chi connectivity index (χ1) is 11.0. The van der Waals surface area contributed by atoms with Crippen molar-refractivity contribution < 1.29 is 14.0 Å². The van der Waals surface area contributed by atoms with Crippen molar-refractivity contribution in [3.63, 3.8) is 0 Å². The third-order valence-corrected chi connectivity index (χ3v) is 4.79. The molecule has 23 heavy (non-hydrogen) atoms. The average Bonchev–Trinajstić information content (AvgIpc) is 2.92. The van der Waals surface area contributed by atoms with E-state index in [-0.39, 0.29) is 17.6 Å². The van der Waals surface area contributed by atoms with E-state index in [1.165, 1.54) is 11.0 Å². The van der Waals surface area contributed by atoms with Gasteiger partial charge in [-0.25, -0.2) is 4.39 Å². The van der Waals surface area contributed by atoms with Crippen molar-refractivity contribution >= 4 is 17.5 Å². The zero-order valence-electron chi connectivity index (χ0n) is 13.6. The summed E-state index contributed by atoms with van der Waals surface area (Å²) in [5.74, 6) is -1.25. The predicted octanol–water partition coefficient (Wildman–Crippen LogP) is 1.26. The van der Waals surface area contributed by atoms with Crippen molar-refractivity contribution in [2.75, 3.05) is 44.7 Å². The Morgan fingerprint density at radius 2 is 1.87 bits per heavy atom. The number of halogens is 1. The standard InChI is InChI=1S/C17H22FN3O2/c1-12-3-4-13(11-15(12)18)21-6-5-14(17(21)23)16(22)20-9-7-19(2)8-10-20/h3-4,11,14H,5-10H2,1-2H3/t14-/m1/s1. The van der Waals surface area contributed by atoms with Crippen LogP contribution in [0.2, 0.25) is 0 Å². The van der Waals surface area contributed by atoms with Gasteiger partial charge >= 0.3 is 0 Å². The number of nitrogens with zero attached hydrogens (tertiary/aromatic N) is 3. The lowest BCUT2D eigenvalue weighted by molar-refractivity contribution is -0.141. The summed E-state index contributed by atoms with van der Waals surface area (Å²) in [5.41, 5.74) is 1.08. The molecular formula is C17H22FN3O2. The molecule has 0 radical (unpaired) electrons. The minimum Gasteiger partial charge on any atom is -0.339 e. The van der Waals surface area contributed by atoms with Gasteiger partial charge in [0.15, 0.2) is 0 Å². The molecule has 2 heterocycles. The number of carbonyl (C=O) groups excluding carboxylic acids is 2. The van der Waals surface area contributed by atoms with Crippen molar-refractivity contribution in [1.82, 2.24) is 9.80 Å². The SMILES string of the molecule is Cc1ccc(N2CC[C@H](C(=O)N3CCN(C)CC3)C2=O)cc1F. The molecule has 0 spiro atoms. The van der Waals surface area contributed by atoms with Crippen LogP contribution in [-0.4, -0.2) is 61.4 Å². The maximum atomic E-state index is 13.7. The topological polar surface area (TPSA) is 43.9 Å². The van der Waals surface area contributed by atoms with E-state index in [1.807, 2.05) is 7.05 Å². The number of amides is 2. The molecule has 1 aromatic rings. The highest BCUT2D eigenvalue weighted by molar-refractivity contribution is 6.09. The number of hydrogen-bond acceptors (Lipinski definition) is 3. The zero-order valence-corrected chi connectivity index (χ0v) is 13.6. The molecular weight excluding hydrogens is 297 g/mol. The molecule has 2 aliphatic heterocycles. The average molecular weight is 319 g/mol. The third kappa shape index (κ3) is 3.08. The molecule has 1 aromatic carbocycles. The van der Waals surface area contributed by atoms with Crippen LogP contribution in [-0.2, 0) is 9.59 Å². The summed E-state index contributed by atoms with van der Waals surface area (Å²) in [7, 11) is 2.02. The van der Waals surface area contributed by atoms with E-state index in [1.54, 1.807) is 24.0 Å². The molecule has 3 rings (SSSR count). The van der Waals surface area contributed by atoms with Crippen LogP contribution in [0.15, 0.2) is 18.2 Å². The van der Waals surface area contributed by atoms with Crippen molar-refractivity contribution in [1.29, 1.82) is 0 Å². The molecule has 0 N–H and O–H groups in total. The van der Waals surface area contributed by atoms with Gasteiger partial charge in [0.1, 0.15) is 11.7 Å². The highest BCUT2D eigenvalue weighted by Crippen LogP contribution is 2.28. The van der Waals surface area contributed by atoms with E-state index in [9.17, 15) is 14.0 Å². The van der Waals surface area contributed by atoms with Crippen molar-refractivity contribution in [3.05, 3.63) is 29.6 Å². The van der Waals surface area contributed by atoms with E-state index >= 15 is 0 Å². The Bertz CT molecular complexity index is 626. The molecule has 6 heteroatoms. The molecule has 0 saturated carbocycles. The van der Waals surface area contributed by atoms with Gasteiger partial charge in [0.05, 0.1) is 0 Å². The summed E-state index contributed by atoms with van der Waals surface area (Å²) in [6, 6.07) is 4.77. The van der Waals surface area contributed by atoms with E-state index in [0.29, 0.717) is 37.3 Å². The molecule has 0 aliphatic carbocycles. The molecule has 1 atom stereocenters. The Morgan fingerprint density at radius 1 is 1.17 bits per heavy atom. The van der Waals surface area contributed by atoms with Crippen LogP contribution in [0.5, 0.6) is 0 Å². The van der Waals surface area contributed by atoms with Gasteiger partial charge in [-0.05, 0) is 38.1 Å². The van der Waals surface area contributed by atoms with E-state index < -0.39 is 5.92 Å². The summed E-state index contributed by atoms with van der Waals surface area (Å²) in [5, 5.41) is 0. The van der Waals surface area contributed by atoms with E-state index in [2.05, 4.69) is 4.90 Å². The van der Waals surface area contributed by atoms with Gasteiger partial charge in [-0.3, -0.25) is 9.59 Å². The molecule has 2 amide bonds. The Morgan fingerprint density at radius 3 is 2.52 bits per heavy atom. The van der Waals surface area contributed by atoms with Gasteiger partial charge in [0, 0.05) is 38.4 Å². The molecule has 0 bridgehead atoms. The summed E-state index contributed by atoms with van der Waals surface area (Å²) in [6.07, 6.45) is 0.500. The van der Waals surface area contributed by atoms with Crippen LogP contribution in [0.4, 0.5) is 10.1 Å². The van der Waals surface area contributed by atoms with Gasteiger partial charge in [-0.1, -0.05) is 6.07 Å². The lowest BCUT2D eigenvalue weighted by atomic mass is 10.1. The molecule has 2 saturated heterocycles. The number of benzene rings is 1. The number of hydrogen-bond donors (Lipinski definition) is 0. The fourth-order valence-electron chi connectivity index (χ4n) is 3.16. The molecule has 2 aliphatic rings. The molecule has 5 nitrogen and oxygen atoms in total. The van der Waals surface area contributed by atoms with Crippen LogP contribution in [0, 0.1) is 18.7 Å². The fraction of sp³-hybridized carbons (Fsp3) is 0.529. The molecule has 0 unspecified atom stereocenters. The largest absolute Gasteiger partial charge is 0.339 e. The summed E-state index contributed by atoms with van der Waals surface area (Å²) >= 11 is 0. The molecule has 124 valence electrons. The Balaban J connectivity index is 1.71. The number of rotatable bonds is 2. The molecule has 2 fully saturated rings. The lowest BCUT2D eigenvalue weighted by Crippen LogP contribution is -2.50. The van der Waals surface area contributed by atoms with Gasteiger partial charge in [-0.15, -0.1) is 0 Å². The zero-order chi connectivity index (χ0) is 16.6. The quantitative estimate of drug-likeness (QED) is 0.771. The van der Waals surface area contributed by atoms with Crippen molar-refractivity contribution in [2.45, 2.75) is 13.3 Å². The molecule has 0 aromatic heterocycles. The maximum Gasteiger partial charge on any atom is 0.239 e. The first-order valence-corrected chi connectivity index (χ1v) is 8.02. The minimum absolute atomic E-state index is 0.0850. The lowest BCUT2D eigenvalue weighted by Gasteiger charge is -2.33. The van der Waals surface area contributed by atoms with Gasteiger partial charge in [-0.2, -0.15) is 0 Å². The van der Waals surface area contributed by atoms with Gasteiger partial charge < -0.3 is 14.7 Å². The van der Waals surface area contributed by atoms with Gasteiger partial charge in [0.25, 0.3) is 0 Å². The Kier molecular flexibility index (Phi) is 4.35. The monoisotopic (exact) mass is 319 g/mol. The Hall–Kier alpha value is -1.95. The highest BCUT2D eigenvalue weighted by atomic mass is 19.1. The van der Waals surface area contributed by atoms with Crippen LogP contribution in [0.3, 0.4) is 0 Å². The highest BCUT2D eigenvalue weighted by Gasteiger charge is 2.40. The van der Waals surface area contributed by atoms with E-state index in [0.717, 1.165) is 13.1 Å². The maximum absolute atomic E-state index is 13.7. The first kappa shape index (κ1) is 15.9. The smallest absolute Gasteiger partial charge is 0.239 e. The van der Waals surface area contributed by atoms with Crippen LogP contribution < -0.4 is 4.90 Å². The first-order valence-electron chi connectivity index (χ1n) is 8.02. The predicted molar refractivity (Wildman–Crippen MR) is 85.7 cm³/mol. The van der Waals surface area contributed by atoms with Crippen molar-refractivity contribution in [3.8, 4) is 0 Å². The number of carbonyl (C=O) groups is 2. The van der Waals surface area contributed by atoms with Crippen LogP contribution in [0.1, 0.15) is 12.0 Å². The van der Waals surface area contributed by atoms with Crippen LogP contribution >= 0.6 is 0 Å². The number of piperazine rings is 1. The second kappa shape index (κ2) is 6.28. The number of anilines is 1. The fourth-order valence-corrected chi connectivity index (χ4v) is 3.16. The summed E-state index contributed by atoms with van der Waals surface area (Å²) in [4.78, 5) is 30.7. The number of likely N-dealkylation sites (N-methyl/N-ethyl adjacent to an activating group) is 1. The summed E-state index contributed by atoms with van der Waals surface area (Å²) in [6.45, 7) is 5.14. The second-order valence-corrected chi connectivity index (χ2v) is 6.39.